The van der Waals surface area contributed by atoms with E-state index >= 15 is 0 Å². The summed E-state index contributed by atoms with van der Waals surface area (Å²) in [5.41, 5.74) is 2.13. The molecule has 0 atom stereocenters. The SMILES string of the molecule is [I-].c1ccc(Nc2nc(C[n+]3ccccc3)cs2)cc1. The molecule has 0 saturated carbocycles. The monoisotopic (exact) mass is 395 g/mol. The maximum absolute atomic E-state index is 4.59. The van der Waals surface area contributed by atoms with Crippen LogP contribution in [0.4, 0.5) is 10.8 Å². The number of para-hydroxylation sites is 1. The lowest BCUT2D eigenvalue weighted by molar-refractivity contribution is -0.688. The zero-order valence-corrected chi connectivity index (χ0v) is 13.7. The molecule has 1 N–H and O–H groups in total. The van der Waals surface area contributed by atoms with E-state index in [-0.39, 0.29) is 24.0 Å². The highest BCUT2D eigenvalue weighted by Crippen LogP contribution is 2.20. The summed E-state index contributed by atoms with van der Waals surface area (Å²) in [6.45, 7) is 0.799. The molecule has 0 radical (unpaired) electrons. The van der Waals surface area contributed by atoms with Gasteiger partial charge in [-0.1, -0.05) is 24.3 Å². The summed E-state index contributed by atoms with van der Waals surface area (Å²) in [6, 6.07) is 16.2. The third-order valence-electron chi connectivity index (χ3n) is 2.70. The maximum Gasteiger partial charge on any atom is 0.191 e. The summed E-state index contributed by atoms with van der Waals surface area (Å²) < 4.78 is 2.11. The van der Waals surface area contributed by atoms with Gasteiger partial charge < -0.3 is 29.3 Å². The molecule has 0 unspecified atom stereocenters. The van der Waals surface area contributed by atoms with Crippen LogP contribution in [-0.2, 0) is 6.54 Å². The van der Waals surface area contributed by atoms with Crippen molar-refractivity contribution in [1.29, 1.82) is 0 Å². The van der Waals surface area contributed by atoms with Crippen LogP contribution in [0.15, 0.2) is 66.3 Å². The van der Waals surface area contributed by atoms with Gasteiger partial charge >= 0.3 is 0 Å². The Morgan fingerprint density at radius 3 is 2.45 bits per heavy atom. The van der Waals surface area contributed by atoms with E-state index < -0.39 is 0 Å². The predicted molar refractivity (Wildman–Crippen MR) is 77.6 cm³/mol. The molecule has 0 spiro atoms. The number of halogens is 1. The number of nitrogens with zero attached hydrogens (tertiary/aromatic N) is 2. The second kappa shape index (κ2) is 7.35. The van der Waals surface area contributed by atoms with Crippen LogP contribution < -0.4 is 33.9 Å². The predicted octanol–water partition coefficient (Wildman–Crippen LogP) is 0.227. The Morgan fingerprint density at radius 2 is 1.70 bits per heavy atom. The van der Waals surface area contributed by atoms with Crippen LogP contribution in [-0.4, -0.2) is 4.98 Å². The van der Waals surface area contributed by atoms with Gasteiger partial charge in [0, 0.05) is 23.2 Å². The minimum Gasteiger partial charge on any atom is -1.00 e. The quantitative estimate of drug-likeness (QED) is 0.506. The zero-order valence-electron chi connectivity index (χ0n) is 10.7. The molecule has 0 amide bonds. The molecule has 0 aliphatic rings. The second-order valence-corrected chi connectivity index (χ2v) is 5.04. The molecule has 2 aromatic heterocycles. The Labute approximate surface area is 139 Å². The van der Waals surface area contributed by atoms with Gasteiger partial charge in [0.25, 0.3) is 0 Å². The number of hydrogen-bond donors (Lipinski definition) is 1. The van der Waals surface area contributed by atoms with E-state index in [0.717, 1.165) is 23.1 Å². The minimum absolute atomic E-state index is 0. The number of hydrogen-bond acceptors (Lipinski definition) is 3. The van der Waals surface area contributed by atoms with Crippen LogP contribution in [0.3, 0.4) is 0 Å². The van der Waals surface area contributed by atoms with Crippen molar-refractivity contribution in [3.05, 3.63) is 72.0 Å². The molecule has 20 heavy (non-hydrogen) atoms. The second-order valence-electron chi connectivity index (χ2n) is 4.18. The number of rotatable bonds is 4. The smallest absolute Gasteiger partial charge is 0.191 e. The zero-order chi connectivity index (χ0) is 12.9. The Kier molecular flexibility index (Phi) is 5.49. The molecule has 0 saturated heterocycles. The van der Waals surface area contributed by atoms with Gasteiger partial charge in [-0.3, -0.25) is 0 Å². The fourth-order valence-electron chi connectivity index (χ4n) is 1.81. The number of nitrogens with one attached hydrogen (secondary N) is 1. The van der Waals surface area contributed by atoms with Gasteiger partial charge in [-0.05, 0) is 12.1 Å². The van der Waals surface area contributed by atoms with E-state index in [0.29, 0.717) is 0 Å². The van der Waals surface area contributed by atoms with Crippen molar-refractivity contribution in [3.63, 3.8) is 0 Å². The number of benzene rings is 1. The summed E-state index contributed by atoms with van der Waals surface area (Å²) in [5.74, 6) is 0. The third-order valence-corrected chi connectivity index (χ3v) is 3.51. The van der Waals surface area contributed by atoms with Gasteiger partial charge in [-0.15, -0.1) is 11.3 Å². The Morgan fingerprint density at radius 1 is 1.00 bits per heavy atom. The molecule has 2 heterocycles. The highest BCUT2D eigenvalue weighted by atomic mass is 127. The first-order chi connectivity index (χ1) is 9.40. The van der Waals surface area contributed by atoms with E-state index in [1.165, 1.54) is 0 Å². The van der Waals surface area contributed by atoms with Crippen LogP contribution >= 0.6 is 11.3 Å². The molecule has 0 bridgehead atoms. The van der Waals surface area contributed by atoms with Crippen molar-refractivity contribution in [2.75, 3.05) is 5.32 Å². The van der Waals surface area contributed by atoms with E-state index in [1.807, 2.05) is 60.9 Å². The van der Waals surface area contributed by atoms with Crippen LogP contribution in [0, 0.1) is 0 Å². The van der Waals surface area contributed by atoms with Crippen molar-refractivity contribution >= 4 is 22.2 Å². The number of anilines is 2. The van der Waals surface area contributed by atoms with E-state index in [1.54, 1.807) is 11.3 Å². The first kappa shape index (κ1) is 14.9. The van der Waals surface area contributed by atoms with Gasteiger partial charge in [0.05, 0.1) is 0 Å². The van der Waals surface area contributed by atoms with Crippen molar-refractivity contribution in [1.82, 2.24) is 4.98 Å². The highest BCUT2D eigenvalue weighted by molar-refractivity contribution is 7.13. The minimum atomic E-state index is 0. The molecular formula is C15H14IN3S. The molecule has 1 aromatic carbocycles. The summed E-state index contributed by atoms with van der Waals surface area (Å²) >= 11 is 1.63. The summed E-state index contributed by atoms with van der Waals surface area (Å²) in [6.07, 6.45) is 4.09. The molecule has 3 aromatic rings. The third kappa shape index (κ3) is 4.01. The van der Waals surface area contributed by atoms with Gasteiger partial charge in [-0.25, -0.2) is 4.98 Å². The average molecular weight is 395 g/mol. The Hall–Kier alpha value is -1.47. The number of pyridine rings is 1. The molecule has 0 aliphatic carbocycles. The first-order valence-corrected chi connectivity index (χ1v) is 6.99. The molecule has 0 aliphatic heterocycles. The van der Waals surface area contributed by atoms with E-state index in [9.17, 15) is 0 Å². The lowest BCUT2D eigenvalue weighted by Gasteiger charge is -2.00. The molecule has 102 valence electrons. The fourth-order valence-corrected chi connectivity index (χ4v) is 2.53. The van der Waals surface area contributed by atoms with Gasteiger partial charge in [-0.2, -0.15) is 4.57 Å². The normalized spacial score (nSPS) is 9.80. The topological polar surface area (TPSA) is 28.8 Å². The molecule has 3 rings (SSSR count). The lowest BCUT2D eigenvalue weighted by Crippen LogP contribution is -3.00. The van der Waals surface area contributed by atoms with Crippen LogP contribution in [0.25, 0.3) is 0 Å². The van der Waals surface area contributed by atoms with Crippen LogP contribution in [0.1, 0.15) is 5.69 Å². The Bertz CT molecular complexity index is 584. The van der Waals surface area contributed by atoms with Crippen molar-refractivity contribution < 1.29 is 28.5 Å². The summed E-state index contributed by atoms with van der Waals surface area (Å²) in [7, 11) is 0. The van der Waals surface area contributed by atoms with Gasteiger partial charge in [0.15, 0.2) is 24.1 Å². The summed E-state index contributed by atoms with van der Waals surface area (Å²) in [5, 5.41) is 6.33. The first-order valence-electron chi connectivity index (χ1n) is 6.11. The average Bonchev–Trinajstić information content (AvgIpc) is 2.88. The van der Waals surface area contributed by atoms with Crippen LogP contribution in [0.5, 0.6) is 0 Å². The Balaban J connectivity index is 0.00000147. The van der Waals surface area contributed by atoms with Crippen molar-refractivity contribution in [3.8, 4) is 0 Å². The van der Waals surface area contributed by atoms with Gasteiger partial charge in [0.2, 0.25) is 0 Å². The maximum atomic E-state index is 4.59. The van der Waals surface area contributed by atoms with Crippen LogP contribution in [0.2, 0.25) is 0 Å². The standard InChI is InChI=1S/C15H14N3S.HI/c1-3-7-13(8-4-1)16-15-17-14(12-19-15)11-18-9-5-2-6-10-18;/h1-10,12H,11H2,(H,16,17);1H/q+1;/p-1. The number of thiazole rings is 1. The fraction of sp³-hybridized carbons (Fsp3) is 0.0667. The van der Waals surface area contributed by atoms with E-state index in [2.05, 4.69) is 20.2 Å². The molecule has 3 nitrogen and oxygen atoms in total. The largest absolute Gasteiger partial charge is 1.00 e. The van der Waals surface area contributed by atoms with E-state index in [4.69, 9.17) is 0 Å². The van der Waals surface area contributed by atoms with Crippen molar-refractivity contribution in [2.45, 2.75) is 6.54 Å². The molecule has 0 fully saturated rings. The van der Waals surface area contributed by atoms with Crippen molar-refractivity contribution in [2.24, 2.45) is 0 Å². The molecule has 5 heteroatoms. The number of aromatic nitrogens is 2. The highest BCUT2D eigenvalue weighted by Gasteiger charge is 2.06. The summed E-state index contributed by atoms with van der Waals surface area (Å²) in [4.78, 5) is 4.59. The molecular weight excluding hydrogens is 381 g/mol. The van der Waals surface area contributed by atoms with Gasteiger partial charge in [0.1, 0.15) is 5.69 Å². The lowest BCUT2D eigenvalue weighted by atomic mass is 10.3.